The molecule has 0 bridgehead atoms. The van der Waals surface area contributed by atoms with E-state index in [1.807, 2.05) is 0 Å². The Bertz CT molecular complexity index is 1140. The van der Waals surface area contributed by atoms with Crippen molar-refractivity contribution in [2.75, 3.05) is 5.32 Å². The minimum Gasteiger partial charge on any atom is -0.390 e. The number of hydrogen-bond acceptors (Lipinski definition) is 4. The van der Waals surface area contributed by atoms with Crippen molar-refractivity contribution in [3.8, 4) is 0 Å². The van der Waals surface area contributed by atoms with Crippen LogP contribution in [0.4, 0.5) is 14.5 Å². The van der Waals surface area contributed by atoms with Crippen LogP contribution in [0.1, 0.15) is 56.8 Å². The molecule has 1 saturated carbocycles. The van der Waals surface area contributed by atoms with Crippen LogP contribution in [-0.4, -0.2) is 29.8 Å². The van der Waals surface area contributed by atoms with E-state index in [9.17, 15) is 27.1 Å². The van der Waals surface area contributed by atoms with Gasteiger partial charge in [-0.05, 0) is 82.7 Å². The molecule has 174 valence electrons. The van der Waals surface area contributed by atoms with Gasteiger partial charge in [0.15, 0.2) is 21.5 Å². The lowest BCUT2D eigenvalue weighted by Gasteiger charge is -2.41. The molecule has 2 N–H and O–H groups in total. The SMILES string of the molecule is CC1(O)CCC(C(C)(C)S(=O)(=O)c2cc(C(=O)Nc3ccc(F)c(F)c3)ccc2Cl)CC1. The second-order valence-electron chi connectivity index (χ2n) is 9.11. The molecular formula is C23H26ClF2NO4S. The molecule has 1 amide bonds. The molecule has 0 unspecified atom stereocenters. The van der Waals surface area contributed by atoms with Gasteiger partial charge in [-0.2, -0.15) is 0 Å². The summed E-state index contributed by atoms with van der Waals surface area (Å²) < 4.78 is 52.5. The lowest BCUT2D eigenvalue weighted by Crippen LogP contribution is -2.44. The highest BCUT2D eigenvalue weighted by molar-refractivity contribution is 7.93. The highest BCUT2D eigenvalue weighted by Crippen LogP contribution is 2.44. The summed E-state index contributed by atoms with van der Waals surface area (Å²) in [5.41, 5.74) is -0.755. The van der Waals surface area contributed by atoms with Gasteiger partial charge in [-0.25, -0.2) is 17.2 Å². The quantitative estimate of drug-likeness (QED) is 0.596. The fourth-order valence-corrected chi connectivity index (χ4v) is 6.34. The van der Waals surface area contributed by atoms with E-state index >= 15 is 0 Å². The van der Waals surface area contributed by atoms with Gasteiger partial charge in [0.05, 0.1) is 20.3 Å². The highest BCUT2D eigenvalue weighted by atomic mass is 35.5. The van der Waals surface area contributed by atoms with Crippen LogP contribution >= 0.6 is 11.6 Å². The summed E-state index contributed by atoms with van der Waals surface area (Å²) in [6.07, 6.45) is 2.10. The molecule has 9 heteroatoms. The molecule has 5 nitrogen and oxygen atoms in total. The number of rotatable bonds is 5. The van der Waals surface area contributed by atoms with E-state index in [1.165, 1.54) is 24.3 Å². The fraction of sp³-hybridized carbons (Fsp3) is 0.435. The summed E-state index contributed by atoms with van der Waals surface area (Å²) in [7, 11) is -3.95. The number of sulfone groups is 1. The van der Waals surface area contributed by atoms with Crippen LogP contribution in [0.15, 0.2) is 41.3 Å². The molecule has 0 atom stereocenters. The summed E-state index contributed by atoms with van der Waals surface area (Å²) in [6.45, 7) is 5.02. The summed E-state index contributed by atoms with van der Waals surface area (Å²) in [5.74, 6) is -3.04. The predicted molar refractivity (Wildman–Crippen MR) is 120 cm³/mol. The van der Waals surface area contributed by atoms with Crippen molar-refractivity contribution in [2.24, 2.45) is 5.92 Å². The first-order chi connectivity index (χ1) is 14.7. The summed E-state index contributed by atoms with van der Waals surface area (Å²) in [4.78, 5) is 12.5. The molecule has 1 aliphatic carbocycles. The third-order valence-corrected chi connectivity index (χ3v) is 9.48. The maximum Gasteiger partial charge on any atom is 0.255 e. The Morgan fingerprint density at radius 3 is 2.34 bits per heavy atom. The number of benzene rings is 2. The van der Waals surface area contributed by atoms with Gasteiger partial charge < -0.3 is 10.4 Å². The maximum atomic E-state index is 13.6. The van der Waals surface area contributed by atoms with E-state index in [0.717, 1.165) is 12.1 Å². The molecule has 1 aliphatic rings. The maximum absolute atomic E-state index is 13.6. The molecule has 3 rings (SSSR count). The minimum atomic E-state index is -3.95. The van der Waals surface area contributed by atoms with Gasteiger partial charge in [0.1, 0.15) is 0 Å². The Labute approximate surface area is 191 Å². The number of amides is 1. The predicted octanol–water partition coefficient (Wildman–Crippen LogP) is 5.36. The van der Waals surface area contributed by atoms with Crippen LogP contribution in [0.3, 0.4) is 0 Å². The Hall–Kier alpha value is -2.03. The van der Waals surface area contributed by atoms with E-state index in [-0.39, 0.29) is 27.1 Å². The van der Waals surface area contributed by atoms with Crippen LogP contribution in [0, 0.1) is 17.6 Å². The number of carbonyl (C=O) groups is 1. The van der Waals surface area contributed by atoms with Crippen LogP contribution in [-0.2, 0) is 9.84 Å². The van der Waals surface area contributed by atoms with Crippen molar-refractivity contribution in [2.45, 2.75) is 61.7 Å². The molecular weight excluding hydrogens is 460 g/mol. The first-order valence-corrected chi connectivity index (χ1v) is 12.1. The largest absolute Gasteiger partial charge is 0.390 e. The van der Waals surface area contributed by atoms with Crippen LogP contribution < -0.4 is 5.32 Å². The summed E-state index contributed by atoms with van der Waals surface area (Å²) in [5, 5.41) is 12.6. The number of aliphatic hydroxyl groups is 1. The Balaban J connectivity index is 1.89. The van der Waals surface area contributed by atoms with Gasteiger partial charge >= 0.3 is 0 Å². The third kappa shape index (κ3) is 4.82. The Kier molecular flexibility index (Phi) is 6.71. The van der Waals surface area contributed by atoms with Gasteiger partial charge in [-0.1, -0.05) is 11.6 Å². The number of carbonyl (C=O) groups excluding carboxylic acids is 1. The van der Waals surface area contributed by atoms with E-state index in [0.29, 0.717) is 25.7 Å². The fourth-order valence-electron chi connectivity index (χ4n) is 4.07. The lowest BCUT2D eigenvalue weighted by molar-refractivity contribution is 0.00358. The van der Waals surface area contributed by atoms with Gasteiger partial charge in [0, 0.05) is 17.3 Å². The van der Waals surface area contributed by atoms with E-state index in [4.69, 9.17) is 11.6 Å². The third-order valence-electron chi connectivity index (χ3n) is 6.40. The van der Waals surface area contributed by atoms with E-state index in [1.54, 1.807) is 20.8 Å². The average Bonchev–Trinajstić information content (AvgIpc) is 2.70. The second kappa shape index (κ2) is 8.72. The van der Waals surface area contributed by atoms with E-state index < -0.39 is 37.7 Å². The monoisotopic (exact) mass is 485 g/mol. The highest BCUT2D eigenvalue weighted by Gasteiger charge is 2.46. The van der Waals surface area contributed by atoms with Crippen LogP contribution in [0.25, 0.3) is 0 Å². The standard InChI is InChI=1S/C23H26ClF2NO4S/c1-22(2,15-8-10-23(3,29)11-9-15)32(30,31)20-12-14(4-6-17(20)24)21(28)27-16-5-7-18(25)19(26)13-16/h4-7,12-13,15,29H,8-11H2,1-3H3,(H,27,28). The molecule has 2 aromatic rings. The van der Waals surface area contributed by atoms with Gasteiger partial charge in [-0.15, -0.1) is 0 Å². The molecule has 0 aliphatic heterocycles. The topological polar surface area (TPSA) is 83.5 Å². The Morgan fingerprint density at radius 1 is 1.12 bits per heavy atom. The normalized spacial score (nSPS) is 21.9. The lowest BCUT2D eigenvalue weighted by atomic mass is 9.75. The number of nitrogens with one attached hydrogen (secondary N) is 1. The van der Waals surface area contributed by atoms with Crippen LogP contribution in [0.2, 0.25) is 5.02 Å². The van der Waals surface area contributed by atoms with Crippen molar-refractivity contribution in [1.82, 2.24) is 0 Å². The first kappa shape index (κ1) is 24.6. The van der Waals surface area contributed by atoms with Crippen molar-refractivity contribution in [1.29, 1.82) is 0 Å². The molecule has 0 heterocycles. The zero-order valence-corrected chi connectivity index (χ0v) is 19.7. The average molecular weight is 486 g/mol. The van der Waals surface area contributed by atoms with Crippen molar-refractivity contribution in [3.63, 3.8) is 0 Å². The smallest absolute Gasteiger partial charge is 0.255 e. The van der Waals surface area contributed by atoms with Crippen molar-refractivity contribution < 1.29 is 27.1 Å². The van der Waals surface area contributed by atoms with Crippen molar-refractivity contribution in [3.05, 3.63) is 58.6 Å². The summed E-state index contributed by atoms with van der Waals surface area (Å²) >= 11 is 6.23. The molecule has 0 spiro atoms. The Morgan fingerprint density at radius 2 is 1.75 bits per heavy atom. The molecule has 1 fully saturated rings. The summed E-state index contributed by atoms with van der Waals surface area (Å²) in [6, 6.07) is 6.81. The van der Waals surface area contributed by atoms with Crippen LogP contribution in [0.5, 0.6) is 0 Å². The zero-order chi connectivity index (χ0) is 23.9. The zero-order valence-electron chi connectivity index (χ0n) is 18.1. The minimum absolute atomic E-state index is 0.00902. The van der Waals surface area contributed by atoms with Gasteiger partial charge in [0.25, 0.3) is 5.91 Å². The number of anilines is 1. The molecule has 2 aromatic carbocycles. The molecule has 0 saturated heterocycles. The van der Waals surface area contributed by atoms with E-state index in [2.05, 4.69) is 5.32 Å². The molecule has 0 aromatic heterocycles. The second-order valence-corrected chi connectivity index (χ2v) is 12.0. The number of hydrogen-bond donors (Lipinski definition) is 2. The van der Waals surface area contributed by atoms with Gasteiger partial charge in [-0.3, -0.25) is 4.79 Å². The number of halogens is 3. The molecule has 32 heavy (non-hydrogen) atoms. The molecule has 0 radical (unpaired) electrons. The van der Waals surface area contributed by atoms with Crippen molar-refractivity contribution >= 4 is 33.0 Å². The van der Waals surface area contributed by atoms with Gasteiger partial charge in [0.2, 0.25) is 0 Å². The first-order valence-electron chi connectivity index (χ1n) is 10.3.